The van der Waals surface area contributed by atoms with Crippen LogP contribution in [0.5, 0.6) is 0 Å². The number of aryl methyl sites for hydroxylation is 1. The Morgan fingerprint density at radius 2 is 1.97 bits per heavy atom. The van der Waals surface area contributed by atoms with Crippen molar-refractivity contribution in [2.75, 3.05) is 19.6 Å². The molecule has 1 aliphatic carbocycles. The highest BCUT2D eigenvalue weighted by atomic mass is 16.4. The summed E-state index contributed by atoms with van der Waals surface area (Å²) in [4.78, 5) is 28.1. The fourth-order valence-corrected chi connectivity index (χ4v) is 4.35. The summed E-state index contributed by atoms with van der Waals surface area (Å²) in [5, 5.41) is 3.35. The third-order valence-electron chi connectivity index (χ3n) is 6.29. The summed E-state index contributed by atoms with van der Waals surface area (Å²) in [6.07, 6.45) is 5.60. The maximum absolute atomic E-state index is 13.4. The number of hydrogen-bond donors (Lipinski definition) is 1. The molecule has 1 aromatic heterocycles. The summed E-state index contributed by atoms with van der Waals surface area (Å²) in [5.41, 5.74) is 1.49. The van der Waals surface area contributed by atoms with E-state index >= 15 is 0 Å². The maximum Gasteiger partial charge on any atom is 0.349 e. The molecule has 29 heavy (non-hydrogen) atoms. The van der Waals surface area contributed by atoms with Gasteiger partial charge in [-0.05, 0) is 62.3 Å². The highest BCUT2D eigenvalue weighted by Gasteiger charge is 2.28. The Morgan fingerprint density at radius 3 is 2.59 bits per heavy atom. The molecule has 5 nitrogen and oxygen atoms in total. The molecule has 1 saturated carbocycles. The largest absolute Gasteiger partial charge is 0.427 e. The first kappa shape index (κ1) is 19.9. The molecule has 0 spiro atoms. The summed E-state index contributed by atoms with van der Waals surface area (Å²) in [5.74, 6) is 1.22. The normalized spacial score (nSPS) is 19.6. The molecule has 154 valence electrons. The van der Waals surface area contributed by atoms with Gasteiger partial charge in [0.15, 0.2) is 0 Å². The van der Waals surface area contributed by atoms with Gasteiger partial charge in [0.1, 0.15) is 11.3 Å². The summed E-state index contributed by atoms with van der Waals surface area (Å²) in [7, 11) is 0. The third-order valence-corrected chi connectivity index (χ3v) is 6.29. The van der Waals surface area contributed by atoms with Crippen LogP contribution in [0.3, 0.4) is 0 Å². The molecule has 1 unspecified atom stereocenters. The number of benzene rings is 1. The molecule has 1 amide bonds. The second-order valence-electron chi connectivity index (χ2n) is 8.51. The average molecular weight is 395 g/mol. The van der Waals surface area contributed by atoms with Crippen LogP contribution >= 0.6 is 0 Å². The number of piperidine rings is 1. The van der Waals surface area contributed by atoms with Crippen molar-refractivity contribution < 1.29 is 9.21 Å². The van der Waals surface area contributed by atoms with Crippen molar-refractivity contribution in [1.29, 1.82) is 0 Å². The van der Waals surface area contributed by atoms with Gasteiger partial charge in [-0.25, -0.2) is 4.79 Å². The van der Waals surface area contributed by atoms with Gasteiger partial charge in [0.25, 0.3) is 5.91 Å². The van der Waals surface area contributed by atoms with Crippen LogP contribution in [-0.4, -0.2) is 30.4 Å². The van der Waals surface area contributed by atoms with Gasteiger partial charge in [0.2, 0.25) is 0 Å². The quantitative estimate of drug-likeness (QED) is 0.808. The van der Waals surface area contributed by atoms with Gasteiger partial charge in [-0.15, -0.1) is 0 Å². The number of carbonyl (C=O) groups is 1. The van der Waals surface area contributed by atoms with Gasteiger partial charge < -0.3 is 14.6 Å². The monoisotopic (exact) mass is 394 g/mol. The van der Waals surface area contributed by atoms with E-state index in [0.29, 0.717) is 24.8 Å². The smallest absolute Gasteiger partial charge is 0.349 e. The van der Waals surface area contributed by atoms with Gasteiger partial charge in [-0.2, -0.15) is 0 Å². The summed E-state index contributed by atoms with van der Waals surface area (Å²) in [6, 6.07) is 11.9. The van der Waals surface area contributed by atoms with E-state index in [1.807, 2.05) is 48.2 Å². The number of rotatable bonds is 6. The van der Waals surface area contributed by atoms with Crippen LogP contribution < -0.4 is 10.9 Å². The fraction of sp³-hybridized carbons (Fsp3) is 0.500. The topological polar surface area (TPSA) is 62.6 Å². The maximum atomic E-state index is 13.4. The zero-order chi connectivity index (χ0) is 20.2. The second-order valence-corrected chi connectivity index (χ2v) is 8.51. The molecule has 2 heterocycles. The Hall–Kier alpha value is -2.40. The number of nitrogens with one attached hydrogen (secondary N) is 1. The van der Waals surface area contributed by atoms with E-state index in [9.17, 15) is 9.59 Å². The van der Waals surface area contributed by atoms with Crippen molar-refractivity contribution in [1.82, 2.24) is 10.2 Å². The van der Waals surface area contributed by atoms with Crippen molar-refractivity contribution in [2.24, 2.45) is 5.92 Å². The van der Waals surface area contributed by atoms with Gasteiger partial charge in [-0.1, -0.05) is 36.8 Å². The van der Waals surface area contributed by atoms with E-state index in [2.05, 4.69) is 5.32 Å². The minimum atomic E-state index is -0.498. The van der Waals surface area contributed by atoms with Crippen LogP contribution in [-0.2, 0) is 6.54 Å². The molecule has 5 heteroatoms. The number of amides is 1. The highest BCUT2D eigenvalue weighted by Crippen LogP contribution is 2.29. The van der Waals surface area contributed by atoms with Crippen LogP contribution in [0.15, 0.2) is 45.6 Å². The molecular weight excluding hydrogens is 364 g/mol. The summed E-state index contributed by atoms with van der Waals surface area (Å²) in [6.45, 7) is 4.89. The molecule has 1 aliphatic heterocycles. The van der Waals surface area contributed by atoms with Crippen LogP contribution in [0.1, 0.15) is 65.3 Å². The molecule has 1 aromatic carbocycles. The lowest BCUT2D eigenvalue weighted by atomic mass is 9.85. The lowest BCUT2D eigenvalue weighted by molar-refractivity contribution is 0.0673. The van der Waals surface area contributed by atoms with Gasteiger partial charge >= 0.3 is 5.63 Å². The SMILES string of the molecule is Cc1cc(C2CCCNC2)oc(=O)c1C(=O)N(Cc1ccccc1)CC1CCC1. The molecule has 4 rings (SSSR count). The summed E-state index contributed by atoms with van der Waals surface area (Å²) < 4.78 is 5.65. The Kier molecular flexibility index (Phi) is 6.14. The molecule has 2 aromatic rings. The highest BCUT2D eigenvalue weighted by molar-refractivity contribution is 5.95. The average Bonchev–Trinajstić information content (AvgIpc) is 2.70. The Labute approximate surface area is 172 Å². The molecular formula is C24H30N2O3. The first-order valence-corrected chi connectivity index (χ1v) is 10.8. The second kappa shape index (κ2) is 8.95. The van der Waals surface area contributed by atoms with E-state index in [1.54, 1.807) is 0 Å². The Morgan fingerprint density at radius 1 is 1.17 bits per heavy atom. The Balaban J connectivity index is 1.59. The lowest BCUT2D eigenvalue weighted by Crippen LogP contribution is -2.39. The van der Waals surface area contributed by atoms with Crippen LogP contribution in [0.4, 0.5) is 0 Å². The predicted molar refractivity (Wildman–Crippen MR) is 113 cm³/mol. The van der Waals surface area contributed by atoms with Crippen molar-refractivity contribution in [3.05, 3.63) is 69.3 Å². The van der Waals surface area contributed by atoms with Crippen molar-refractivity contribution >= 4 is 5.91 Å². The van der Waals surface area contributed by atoms with Crippen molar-refractivity contribution in [2.45, 2.75) is 51.5 Å². The lowest BCUT2D eigenvalue weighted by Gasteiger charge is -2.32. The number of hydrogen-bond acceptors (Lipinski definition) is 4. The minimum absolute atomic E-state index is 0.188. The summed E-state index contributed by atoms with van der Waals surface area (Å²) >= 11 is 0. The van der Waals surface area contributed by atoms with Crippen molar-refractivity contribution in [3.8, 4) is 0 Å². The fourth-order valence-electron chi connectivity index (χ4n) is 4.35. The molecule has 0 radical (unpaired) electrons. The van der Waals surface area contributed by atoms with Gasteiger partial charge in [0, 0.05) is 25.6 Å². The molecule has 1 N–H and O–H groups in total. The van der Waals surface area contributed by atoms with E-state index in [4.69, 9.17) is 4.42 Å². The zero-order valence-electron chi connectivity index (χ0n) is 17.2. The van der Waals surface area contributed by atoms with Crippen LogP contribution in [0.2, 0.25) is 0 Å². The third kappa shape index (κ3) is 4.61. The van der Waals surface area contributed by atoms with Crippen molar-refractivity contribution in [3.63, 3.8) is 0 Å². The van der Waals surface area contributed by atoms with E-state index in [1.165, 1.54) is 6.42 Å². The molecule has 1 saturated heterocycles. The molecule has 0 bridgehead atoms. The molecule has 1 atom stereocenters. The minimum Gasteiger partial charge on any atom is -0.427 e. The number of nitrogens with zero attached hydrogens (tertiary/aromatic N) is 1. The van der Waals surface area contributed by atoms with Crippen LogP contribution in [0.25, 0.3) is 0 Å². The van der Waals surface area contributed by atoms with Gasteiger partial charge in [-0.3, -0.25) is 4.79 Å². The van der Waals surface area contributed by atoms with E-state index < -0.39 is 5.63 Å². The molecule has 2 aliphatic rings. The molecule has 2 fully saturated rings. The van der Waals surface area contributed by atoms with E-state index in [0.717, 1.165) is 49.9 Å². The number of carbonyl (C=O) groups excluding carboxylic acids is 1. The first-order valence-electron chi connectivity index (χ1n) is 10.8. The first-order chi connectivity index (χ1) is 14.1. The van der Waals surface area contributed by atoms with Gasteiger partial charge in [0.05, 0.1) is 0 Å². The van der Waals surface area contributed by atoms with Crippen LogP contribution in [0, 0.1) is 12.8 Å². The standard InChI is InChI=1S/C24H30N2O3/c1-17-13-21(20-11-6-12-25-14-20)29-24(28)22(17)23(27)26(16-19-9-5-10-19)15-18-7-3-2-4-8-18/h2-4,7-8,13,19-20,25H,5-6,9-12,14-16H2,1H3. The zero-order valence-corrected chi connectivity index (χ0v) is 17.2. The predicted octanol–water partition coefficient (Wildman–Crippen LogP) is 3.86. The van der Waals surface area contributed by atoms with E-state index in [-0.39, 0.29) is 17.4 Å². The Bertz CT molecular complexity index is 896.